The van der Waals surface area contributed by atoms with Gasteiger partial charge in [-0.1, -0.05) is 34.8 Å². The van der Waals surface area contributed by atoms with Gasteiger partial charge in [0.2, 0.25) is 0 Å². The van der Waals surface area contributed by atoms with E-state index in [-0.39, 0.29) is 19.3 Å². The van der Waals surface area contributed by atoms with Crippen LogP contribution in [0.2, 0.25) is 15.1 Å². The normalized spacial score (nSPS) is 16.7. The number of nitrogens with two attached hydrogens (primary N) is 1. The molecule has 0 aromatic heterocycles. The van der Waals surface area contributed by atoms with Crippen molar-refractivity contribution in [2.75, 3.05) is 13.2 Å². The summed E-state index contributed by atoms with van der Waals surface area (Å²) in [6.45, 7) is 0.535. The van der Waals surface area contributed by atoms with Crippen LogP contribution in [-0.4, -0.2) is 19.3 Å². The third-order valence-electron chi connectivity index (χ3n) is 3.27. The first kappa shape index (κ1) is 15.7. The fraction of sp³-hybridized carbons (Fsp3) is 0.200. The Labute approximate surface area is 141 Å². The summed E-state index contributed by atoms with van der Waals surface area (Å²) < 4.78 is 25.2. The minimum absolute atomic E-state index is 0.258. The van der Waals surface area contributed by atoms with Crippen LogP contribution >= 0.6 is 34.8 Å². The Bertz CT molecular complexity index is 716. The monoisotopic (exact) mass is 361 g/mol. The van der Waals surface area contributed by atoms with Crippen molar-refractivity contribution in [1.29, 1.82) is 0 Å². The predicted octanol–water partition coefficient (Wildman–Crippen LogP) is 4.55. The number of halogens is 4. The van der Waals surface area contributed by atoms with Gasteiger partial charge in [-0.25, -0.2) is 4.39 Å². The van der Waals surface area contributed by atoms with Crippen molar-refractivity contribution in [3.63, 3.8) is 0 Å². The molecule has 3 rings (SSSR count). The summed E-state index contributed by atoms with van der Waals surface area (Å²) in [6, 6.07) is 5.61. The average molecular weight is 363 g/mol. The molecular weight excluding hydrogens is 352 g/mol. The van der Waals surface area contributed by atoms with Crippen molar-refractivity contribution < 1.29 is 13.9 Å². The lowest BCUT2D eigenvalue weighted by molar-refractivity contribution is 0.0971. The minimum atomic E-state index is -0.481. The molecule has 2 aromatic carbocycles. The van der Waals surface area contributed by atoms with Crippen LogP contribution in [-0.2, 0) is 0 Å². The number of hydrogen-bond donors (Lipinski definition) is 1. The Morgan fingerprint density at radius 2 is 1.82 bits per heavy atom. The van der Waals surface area contributed by atoms with Crippen LogP contribution in [0, 0.1) is 5.82 Å². The maximum atomic E-state index is 13.9. The van der Waals surface area contributed by atoms with Crippen LogP contribution in [0.5, 0.6) is 11.5 Å². The predicted molar refractivity (Wildman–Crippen MR) is 85.8 cm³/mol. The lowest BCUT2D eigenvalue weighted by atomic mass is 10.0. The highest BCUT2D eigenvalue weighted by Crippen LogP contribution is 2.47. The lowest BCUT2D eigenvalue weighted by Crippen LogP contribution is -2.36. The van der Waals surface area contributed by atoms with Gasteiger partial charge >= 0.3 is 0 Å². The summed E-state index contributed by atoms with van der Waals surface area (Å²) in [4.78, 5) is 0. The van der Waals surface area contributed by atoms with E-state index >= 15 is 0 Å². The highest BCUT2D eigenvalue weighted by Gasteiger charge is 2.26. The molecule has 0 fully saturated rings. The summed E-state index contributed by atoms with van der Waals surface area (Å²) in [5.41, 5.74) is 6.45. The van der Waals surface area contributed by atoms with Crippen molar-refractivity contribution in [2.24, 2.45) is 5.73 Å². The van der Waals surface area contributed by atoms with Crippen LogP contribution in [0.15, 0.2) is 24.3 Å². The van der Waals surface area contributed by atoms with Gasteiger partial charge in [0.1, 0.15) is 18.5 Å². The molecule has 1 aliphatic heterocycles. The van der Waals surface area contributed by atoms with Crippen LogP contribution in [0.4, 0.5) is 4.39 Å². The van der Waals surface area contributed by atoms with E-state index in [0.717, 1.165) is 0 Å². The largest absolute Gasteiger partial charge is 0.486 e. The van der Waals surface area contributed by atoms with Gasteiger partial charge in [-0.2, -0.15) is 0 Å². The molecule has 3 nitrogen and oxygen atoms in total. The highest BCUT2D eigenvalue weighted by molar-refractivity contribution is 6.42. The molecule has 0 aliphatic carbocycles. The molecule has 0 amide bonds. The highest BCUT2D eigenvalue weighted by atomic mass is 35.5. The van der Waals surface area contributed by atoms with E-state index in [0.29, 0.717) is 37.7 Å². The van der Waals surface area contributed by atoms with Gasteiger partial charge < -0.3 is 15.2 Å². The van der Waals surface area contributed by atoms with E-state index in [2.05, 4.69) is 0 Å². The van der Waals surface area contributed by atoms with Crippen LogP contribution in [0.3, 0.4) is 0 Å². The zero-order valence-electron chi connectivity index (χ0n) is 11.2. The van der Waals surface area contributed by atoms with Crippen molar-refractivity contribution in [2.45, 2.75) is 6.10 Å². The first-order chi connectivity index (χ1) is 10.5. The van der Waals surface area contributed by atoms with E-state index in [4.69, 9.17) is 50.0 Å². The molecule has 2 N–H and O–H groups in total. The maximum absolute atomic E-state index is 13.9. The molecule has 0 radical (unpaired) electrons. The summed E-state index contributed by atoms with van der Waals surface area (Å²) in [6.07, 6.45) is -0.318. The number of ether oxygens (including phenoxy) is 2. The molecule has 0 spiro atoms. The summed E-state index contributed by atoms with van der Waals surface area (Å²) in [7, 11) is 0. The standard InChI is InChI=1S/C15H11Cl3FNO2/c16-7-1-11(17)14(12(18)2-7)10-3-8(19)4-13-15(10)22-9(5-20)6-21-13/h1-4,9H,5-6,20H2/t9-/m0/s1. The van der Waals surface area contributed by atoms with E-state index in [9.17, 15) is 4.39 Å². The fourth-order valence-electron chi connectivity index (χ4n) is 2.28. The van der Waals surface area contributed by atoms with Crippen LogP contribution in [0.25, 0.3) is 11.1 Å². The molecular formula is C15H11Cl3FNO2. The van der Waals surface area contributed by atoms with E-state index < -0.39 is 5.82 Å². The summed E-state index contributed by atoms with van der Waals surface area (Å²) in [5.74, 6) is 0.182. The second-order valence-corrected chi connectivity index (χ2v) is 6.06. The van der Waals surface area contributed by atoms with Gasteiger partial charge in [-0.15, -0.1) is 0 Å². The second kappa shape index (κ2) is 6.13. The SMILES string of the molecule is NC[C@H]1COc2cc(F)cc(-c3c(Cl)cc(Cl)cc3Cl)c2O1. The maximum Gasteiger partial charge on any atom is 0.169 e. The topological polar surface area (TPSA) is 44.5 Å². The molecule has 22 heavy (non-hydrogen) atoms. The van der Waals surface area contributed by atoms with Gasteiger partial charge in [0, 0.05) is 28.8 Å². The third kappa shape index (κ3) is 2.84. The quantitative estimate of drug-likeness (QED) is 0.852. The first-order valence-electron chi connectivity index (χ1n) is 6.47. The molecule has 0 saturated carbocycles. The van der Waals surface area contributed by atoms with Crippen LogP contribution < -0.4 is 15.2 Å². The Morgan fingerprint density at radius 1 is 1.14 bits per heavy atom. The molecule has 2 aromatic rings. The van der Waals surface area contributed by atoms with Crippen molar-refractivity contribution in [3.05, 3.63) is 45.2 Å². The van der Waals surface area contributed by atoms with Gasteiger partial charge in [-0.3, -0.25) is 0 Å². The number of fused-ring (bicyclic) bond motifs is 1. The van der Waals surface area contributed by atoms with Gasteiger partial charge in [0.05, 0.1) is 10.0 Å². The first-order valence-corrected chi connectivity index (χ1v) is 7.61. The van der Waals surface area contributed by atoms with E-state index in [1.807, 2.05) is 0 Å². The molecule has 0 unspecified atom stereocenters. The Hall–Kier alpha value is -1.20. The zero-order chi connectivity index (χ0) is 15.9. The van der Waals surface area contributed by atoms with Crippen LogP contribution in [0.1, 0.15) is 0 Å². The average Bonchev–Trinajstić information content (AvgIpc) is 2.45. The molecule has 116 valence electrons. The molecule has 0 saturated heterocycles. The van der Waals surface area contributed by atoms with Gasteiger partial charge in [0.25, 0.3) is 0 Å². The molecule has 1 heterocycles. The summed E-state index contributed by atoms with van der Waals surface area (Å²) in [5, 5.41) is 0.980. The summed E-state index contributed by atoms with van der Waals surface area (Å²) >= 11 is 18.4. The Kier molecular flexibility index (Phi) is 4.37. The molecule has 0 bridgehead atoms. The van der Waals surface area contributed by atoms with Gasteiger partial charge in [-0.05, 0) is 18.2 Å². The molecule has 1 aliphatic rings. The van der Waals surface area contributed by atoms with E-state index in [1.165, 1.54) is 24.3 Å². The van der Waals surface area contributed by atoms with Crippen molar-refractivity contribution >= 4 is 34.8 Å². The minimum Gasteiger partial charge on any atom is -0.486 e. The fourth-order valence-corrected chi connectivity index (χ4v) is 3.30. The van der Waals surface area contributed by atoms with Crippen molar-refractivity contribution in [3.8, 4) is 22.6 Å². The van der Waals surface area contributed by atoms with E-state index in [1.54, 1.807) is 0 Å². The second-order valence-electron chi connectivity index (χ2n) is 4.81. The Morgan fingerprint density at radius 3 is 2.45 bits per heavy atom. The number of benzene rings is 2. The number of rotatable bonds is 2. The molecule has 7 heteroatoms. The van der Waals surface area contributed by atoms with Crippen molar-refractivity contribution in [1.82, 2.24) is 0 Å². The lowest BCUT2D eigenvalue weighted by Gasteiger charge is -2.28. The molecule has 1 atom stereocenters. The third-order valence-corrected chi connectivity index (χ3v) is 4.08. The smallest absolute Gasteiger partial charge is 0.169 e. The Balaban J connectivity index is 2.22. The van der Waals surface area contributed by atoms with Gasteiger partial charge in [0.15, 0.2) is 11.5 Å². The zero-order valence-corrected chi connectivity index (χ0v) is 13.5. The number of hydrogen-bond acceptors (Lipinski definition) is 3.